The van der Waals surface area contributed by atoms with Crippen LogP contribution in [0.2, 0.25) is 0 Å². The van der Waals surface area contributed by atoms with Gasteiger partial charge >= 0.3 is 5.97 Å². The molecule has 0 aliphatic heterocycles. The molecule has 0 aliphatic carbocycles. The molecule has 80 valence electrons. The quantitative estimate of drug-likeness (QED) is 0.615. The molecule has 6 heteroatoms. The summed E-state index contributed by atoms with van der Waals surface area (Å²) in [5.74, 6) is -1.84. The summed E-state index contributed by atoms with van der Waals surface area (Å²) in [5, 5.41) is 10.7. The maximum Gasteiger partial charge on any atom is 0.325 e. The highest BCUT2D eigenvalue weighted by Crippen LogP contribution is 1.86. The summed E-state index contributed by atoms with van der Waals surface area (Å²) in [7, 11) is 1.47. The second-order valence-electron chi connectivity index (χ2n) is 3.00. The van der Waals surface area contributed by atoms with E-state index in [0.29, 0.717) is 0 Å². The third-order valence-corrected chi connectivity index (χ3v) is 1.67. The number of nitrogens with one attached hydrogen (secondary N) is 1. The van der Waals surface area contributed by atoms with Crippen LogP contribution in [0.15, 0.2) is 0 Å². The Balaban J connectivity index is 3.99. The molecule has 0 aliphatic rings. The van der Waals surface area contributed by atoms with Crippen molar-refractivity contribution in [1.29, 1.82) is 0 Å². The Bertz CT molecular complexity index is 228. The first kappa shape index (κ1) is 12.4. The van der Waals surface area contributed by atoms with Crippen molar-refractivity contribution in [3.63, 3.8) is 0 Å². The van der Waals surface area contributed by atoms with Gasteiger partial charge in [0.25, 0.3) is 0 Å². The molecule has 0 saturated heterocycles. The van der Waals surface area contributed by atoms with Gasteiger partial charge in [-0.3, -0.25) is 14.4 Å². The van der Waals surface area contributed by atoms with Crippen LogP contribution < -0.4 is 5.32 Å². The Morgan fingerprint density at radius 2 is 1.93 bits per heavy atom. The predicted octanol–water partition coefficient (Wildman–Crippen LogP) is -0.946. The van der Waals surface area contributed by atoms with Crippen molar-refractivity contribution in [2.75, 3.05) is 13.6 Å². The first-order chi connectivity index (χ1) is 6.34. The molecule has 0 unspecified atom stereocenters. The molecule has 0 bridgehead atoms. The molecule has 0 rings (SSSR count). The zero-order valence-electron chi connectivity index (χ0n) is 8.40. The number of nitrogens with zero attached hydrogens (tertiary/aromatic N) is 1. The Morgan fingerprint density at radius 1 is 1.43 bits per heavy atom. The second-order valence-corrected chi connectivity index (χ2v) is 3.00. The van der Waals surface area contributed by atoms with E-state index in [1.54, 1.807) is 0 Å². The molecule has 14 heavy (non-hydrogen) atoms. The molecule has 2 amide bonds. The van der Waals surface area contributed by atoms with Gasteiger partial charge in [0.2, 0.25) is 11.8 Å². The number of hydrogen-bond acceptors (Lipinski definition) is 3. The van der Waals surface area contributed by atoms with E-state index >= 15 is 0 Å². The van der Waals surface area contributed by atoms with Gasteiger partial charge in [-0.1, -0.05) is 0 Å². The van der Waals surface area contributed by atoms with Crippen LogP contribution in [0.25, 0.3) is 0 Å². The van der Waals surface area contributed by atoms with Crippen molar-refractivity contribution in [3.05, 3.63) is 0 Å². The predicted molar refractivity (Wildman–Crippen MR) is 48.6 cm³/mol. The van der Waals surface area contributed by atoms with Gasteiger partial charge in [0, 0.05) is 14.0 Å². The lowest BCUT2D eigenvalue weighted by Crippen LogP contribution is -2.44. The molecule has 0 heterocycles. The van der Waals surface area contributed by atoms with Crippen molar-refractivity contribution in [2.45, 2.75) is 19.9 Å². The normalized spacial score (nSPS) is 11.6. The zero-order chi connectivity index (χ0) is 11.3. The number of hydrogen-bond donors (Lipinski definition) is 2. The van der Waals surface area contributed by atoms with Crippen molar-refractivity contribution >= 4 is 17.8 Å². The molecule has 0 aromatic rings. The Morgan fingerprint density at radius 3 is 2.29 bits per heavy atom. The number of carbonyl (C=O) groups excluding carboxylic acids is 2. The Kier molecular flexibility index (Phi) is 4.62. The Labute approximate surface area is 81.9 Å². The summed E-state index contributed by atoms with van der Waals surface area (Å²) in [6.45, 7) is 2.55. The van der Waals surface area contributed by atoms with Crippen LogP contribution in [0.1, 0.15) is 13.8 Å². The summed E-state index contributed by atoms with van der Waals surface area (Å²) in [5.41, 5.74) is 0. The summed E-state index contributed by atoms with van der Waals surface area (Å²) < 4.78 is 0. The topological polar surface area (TPSA) is 86.7 Å². The summed E-state index contributed by atoms with van der Waals surface area (Å²) >= 11 is 0. The first-order valence-electron chi connectivity index (χ1n) is 4.08. The molecular weight excluding hydrogens is 188 g/mol. The monoisotopic (exact) mass is 202 g/mol. The molecule has 0 spiro atoms. The number of likely N-dealkylation sites (N-methyl/N-ethyl adjacent to an activating group) is 1. The van der Waals surface area contributed by atoms with Crippen molar-refractivity contribution in [3.8, 4) is 0 Å². The summed E-state index contributed by atoms with van der Waals surface area (Å²) in [6.07, 6.45) is 0. The highest BCUT2D eigenvalue weighted by Gasteiger charge is 2.15. The molecule has 0 saturated carbocycles. The molecule has 0 aromatic carbocycles. The minimum absolute atomic E-state index is 0.132. The lowest BCUT2D eigenvalue weighted by atomic mass is 10.3. The second kappa shape index (κ2) is 5.21. The molecular formula is C8H14N2O4. The van der Waals surface area contributed by atoms with Crippen LogP contribution >= 0.6 is 0 Å². The minimum Gasteiger partial charge on any atom is -0.480 e. The minimum atomic E-state index is -1.11. The van der Waals surface area contributed by atoms with Gasteiger partial charge < -0.3 is 15.3 Å². The fourth-order valence-electron chi connectivity index (χ4n) is 0.676. The molecule has 0 aromatic heterocycles. The molecule has 1 atom stereocenters. The van der Waals surface area contributed by atoms with Crippen LogP contribution in [-0.2, 0) is 14.4 Å². The third kappa shape index (κ3) is 4.44. The smallest absolute Gasteiger partial charge is 0.325 e. The molecule has 0 fully saturated rings. The van der Waals surface area contributed by atoms with Gasteiger partial charge in [0.1, 0.15) is 6.04 Å². The van der Waals surface area contributed by atoms with Crippen molar-refractivity contribution in [2.24, 2.45) is 0 Å². The standard InChI is InChI=1S/C8H14N2O4/c1-5(8(13)14)9-7(12)4-10(3)6(2)11/h5H,4H2,1-3H3,(H,9,12)(H,13,14)/t5-/m1/s1. The highest BCUT2D eigenvalue weighted by atomic mass is 16.4. The average molecular weight is 202 g/mol. The van der Waals surface area contributed by atoms with Crippen LogP contribution in [-0.4, -0.2) is 47.4 Å². The van der Waals surface area contributed by atoms with E-state index in [1.807, 2.05) is 0 Å². The number of aliphatic carboxylic acids is 1. The van der Waals surface area contributed by atoms with Crippen molar-refractivity contribution < 1.29 is 19.5 Å². The number of carbonyl (C=O) groups is 3. The van der Waals surface area contributed by atoms with E-state index in [9.17, 15) is 14.4 Å². The first-order valence-corrected chi connectivity index (χ1v) is 4.08. The number of carboxylic acids is 1. The number of rotatable bonds is 4. The highest BCUT2D eigenvalue weighted by molar-refractivity contribution is 5.87. The van der Waals surface area contributed by atoms with E-state index in [2.05, 4.69) is 5.32 Å². The van der Waals surface area contributed by atoms with Crippen LogP contribution in [0.4, 0.5) is 0 Å². The fraction of sp³-hybridized carbons (Fsp3) is 0.625. The average Bonchev–Trinajstić information content (AvgIpc) is 2.03. The fourth-order valence-corrected chi connectivity index (χ4v) is 0.676. The zero-order valence-corrected chi connectivity index (χ0v) is 8.40. The van der Waals surface area contributed by atoms with Gasteiger partial charge in [-0.2, -0.15) is 0 Å². The van der Waals surface area contributed by atoms with Crippen LogP contribution in [0.5, 0.6) is 0 Å². The number of carboxylic acid groups (broad SMARTS) is 1. The van der Waals surface area contributed by atoms with E-state index in [-0.39, 0.29) is 12.5 Å². The maximum absolute atomic E-state index is 11.1. The van der Waals surface area contributed by atoms with Gasteiger partial charge in [0.15, 0.2) is 0 Å². The number of amides is 2. The summed E-state index contributed by atoms with van der Waals surface area (Å²) in [4.78, 5) is 33.4. The lowest BCUT2D eigenvalue weighted by Gasteiger charge is -2.15. The van der Waals surface area contributed by atoms with Gasteiger partial charge in [-0.05, 0) is 6.92 Å². The third-order valence-electron chi connectivity index (χ3n) is 1.67. The van der Waals surface area contributed by atoms with Gasteiger partial charge in [-0.15, -0.1) is 0 Å². The van der Waals surface area contributed by atoms with E-state index in [1.165, 1.54) is 25.8 Å². The Hall–Kier alpha value is -1.59. The maximum atomic E-state index is 11.1. The van der Waals surface area contributed by atoms with E-state index in [4.69, 9.17) is 5.11 Å². The largest absolute Gasteiger partial charge is 0.480 e. The summed E-state index contributed by atoms with van der Waals surface area (Å²) in [6, 6.07) is -0.942. The van der Waals surface area contributed by atoms with Crippen LogP contribution in [0, 0.1) is 0 Å². The molecule has 6 nitrogen and oxygen atoms in total. The van der Waals surface area contributed by atoms with E-state index < -0.39 is 17.9 Å². The van der Waals surface area contributed by atoms with Gasteiger partial charge in [0.05, 0.1) is 6.54 Å². The molecule has 2 N–H and O–H groups in total. The lowest BCUT2D eigenvalue weighted by molar-refractivity contribution is -0.141. The van der Waals surface area contributed by atoms with Crippen LogP contribution in [0.3, 0.4) is 0 Å². The van der Waals surface area contributed by atoms with E-state index in [0.717, 1.165) is 0 Å². The molecule has 0 radical (unpaired) electrons. The SMILES string of the molecule is CC(=O)N(C)CC(=O)N[C@H](C)C(=O)O. The van der Waals surface area contributed by atoms with Gasteiger partial charge in [-0.25, -0.2) is 0 Å². The van der Waals surface area contributed by atoms with Crippen molar-refractivity contribution in [1.82, 2.24) is 10.2 Å².